The quantitative estimate of drug-likeness (QED) is 0.366. The van der Waals surface area contributed by atoms with Gasteiger partial charge >= 0.3 is 12.4 Å². The lowest BCUT2D eigenvalue weighted by Gasteiger charge is -2.69. The molecule has 2 bridgehead atoms. The SMILES string of the molecule is Cc1nnc2nc(NC(C)c3cc(N)cc(C(F)(F)F)c3)c3c(n12)CN(C(=O)C12CC(C(F)(F)F)(C1)C2)C3. The third-order valence-electron chi connectivity index (χ3n) is 8.14. The van der Waals surface area contributed by atoms with Crippen molar-refractivity contribution in [1.82, 2.24) is 24.5 Å². The zero-order valence-corrected chi connectivity index (χ0v) is 20.3. The summed E-state index contributed by atoms with van der Waals surface area (Å²) in [7, 11) is 0. The fourth-order valence-corrected chi connectivity index (χ4v) is 6.23. The minimum Gasteiger partial charge on any atom is -0.399 e. The van der Waals surface area contributed by atoms with Crippen LogP contribution in [0.15, 0.2) is 18.2 Å². The van der Waals surface area contributed by atoms with E-state index in [9.17, 15) is 31.1 Å². The molecule has 3 aliphatic carbocycles. The van der Waals surface area contributed by atoms with Gasteiger partial charge in [0.25, 0.3) is 5.78 Å². The predicted octanol–water partition coefficient (Wildman–Crippen LogP) is 4.78. The van der Waals surface area contributed by atoms with Crippen LogP contribution in [0.4, 0.5) is 37.8 Å². The van der Waals surface area contributed by atoms with Crippen LogP contribution in [-0.2, 0) is 24.1 Å². The van der Waals surface area contributed by atoms with Crippen LogP contribution in [0.25, 0.3) is 5.78 Å². The standard InChI is InChI=1S/C24H23F6N7O/c1-11(13-3-14(23(25,26)27)5-15(31)4-13)32-18-16-6-36(7-17(16)37-12(2)34-35-20(37)33-18)19(38)21-8-22(9-21,10-21)24(28,29)30/h3-5,11H,6-10,31H2,1-2H3,(H,32,33,35). The van der Waals surface area contributed by atoms with Gasteiger partial charge in [-0.3, -0.25) is 9.20 Å². The third kappa shape index (κ3) is 3.44. The summed E-state index contributed by atoms with van der Waals surface area (Å²) < 4.78 is 81.7. The number of nitrogens with zero attached hydrogens (tertiary/aromatic N) is 5. The number of hydrogen-bond acceptors (Lipinski definition) is 6. The van der Waals surface area contributed by atoms with Gasteiger partial charge in [-0.15, -0.1) is 10.2 Å². The largest absolute Gasteiger partial charge is 0.416 e. The number of amides is 1. The molecule has 0 spiro atoms. The molecule has 0 saturated heterocycles. The minimum atomic E-state index is -4.58. The number of alkyl halides is 6. The van der Waals surface area contributed by atoms with E-state index in [4.69, 9.17) is 5.73 Å². The Labute approximate surface area is 212 Å². The van der Waals surface area contributed by atoms with Gasteiger partial charge < -0.3 is 16.0 Å². The molecule has 7 rings (SSSR count). The van der Waals surface area contributed by atoms with E-state index in [1.165, 1.54) is 11.0 Å². The van der Waals surface area contributed by atoms with E-state index in [1.54, 1.807) is 18.2 Å². The number of rotatable bonds is 4. The number of aromatic nitrogens is 4. The van der Waals surface area contributed by atoms with Gasteiger partial charge in [0.2, 0.25) is 5.91 Å². The van der Waals surface area contributed by atoms with E-state index in [1.807, 2.05) is 0 Å². The van der Waals surface area contributed by atoms with E-state index in [0.29, 0.717) is 22.9 Å². The number of nitrogens with one attached hydrogen (secondary N) is 1. The molecule has 8 nitrogen and oxygen atoms in total. The van der Waals surface area contributed by atoms with Crippen molar-refractivity contribution in [2.24, 2.45) is 10.8 Å². The van der Waals surface area contributed by atoms with Crippen molar-refractivity contribution in [3.8, 4) is 0 Å². The first kappa shape index (κ1) is 24.7. The first-order valence-corrected chi connectivity index (χ1v) is 12.0. The first-order chi connectivity index (χ1) is 17.6. The average molecular weight is 539 g/mol. The molecule has 0 radical (unpaired) electrons. The Bertz CT molecular complexity index is 1470. The smallest absolute Gasteiger partial charge is 0.399 e. The van der Waals surface area contributed by atoms with Crippen LogP contribution >= 0.6 is 0 Å². The summed E-state index contributed by atoms with van der Waals surface area (Å²) >= 11 is 0. The number of fused-ring (bicyclic) bond motifs is 3. The van der Waals surface area contributed by atoms with Gasteiger partial charge in [0.1, 0.15) is 11.6 Å². The first-order valence-electron chi connectivity index (χ1n) is 12.0. The van der Waals surface area contributed by atoms with Gasteiger partial charge in [-0.25, -0.2) is 0 Å². The predicted molar refractivity (Wildman–Crippen MR) is 122 cm³/mol. The Kier molecular flexibility index (Phi) is 4.89. The van der Waals surface area contributed by atoms with Crippen LogP contribution in [0.1, 0.15) is 60.4 Å². The summed E-state index contributed by atoms with van der Waals surface area (Å²) in [5.41, 5.74) is 3.60. The molecule has 1 aromatic carbocycles. The summed E-state index contributed by atoms with van der Waals surface area (Å²) in [6.07, 6.45) is -9.50. The second-order valence-electron chi connectivity index (χ2n) is 10.8. The normalized spacial score (nSPS) is 25.1. The number of carbonyl (C=O) groups is 1. The molecule has 38 heavy (non-hydrogen) atoms. The molecule has 1 aliphatic heterocycles. The summed E-state index contributed by atoms with van der Waals surface area (Å²) in [6, 6.07) is 2.64. The fourth-order valence-electron chi connectivity index (χ4n) is 6.23. The molecule has 1 atom stereocenters. The number of nitrogens with two attached hydrogens (primary N) is 1. The van der Waals surface area contributed by atoms with Crippen molar-refractivity contribution in [3.63, 3.8) is 0 Å². The van der Waals surface area contributed by atoms with Crippen molar-refractivity contribution in [2.45, 2.75) is 64.6 Å². The fraction of sp³-hybridized carbons (Fsp3) is 0.500. The Morgan fingerprint density at radius 1 is 1.08 bits per heavy atom. The zero-order valence-electron chi connectivity index (χ0n) is 20.3. The number of hydrogen-bond donors (Lipinski definition) is 2. The highest BCUT2D eigenvalue weighted by Gasteiger charge is 2.81. The zero-order chi connectivity index (χ0) is 27.4. The van der Waals surface area contributed by atoms with Crippen LogP contribution in [-0.4, -0.2) is 36.6 Å². The van der Waals surface area contributed by atoms with Crippen molar-refractivity contribution in [3.05, 3.63) is 46.4 Å². The van der Waals surface area contributed by atoms with E-state index in [-0.39, 0.29) is 55.3 Å². The maximum Gasteiger partial charge on any atom is 0.416 e. The van der Waals surface area contributed by atoms with E-state index >= 15 is 0 Å². The van der Waals surface area contributed by atoms with Gasteiger partial charge in [-0.1, -0.05) is 0 Å². The topological polar surface area (TPSA) is 101 Å². The van der Waals surface area contributed by atoms with Crippen molar-refractivity contribution < 1.29 is 31.1 Å². The van der Waals surface area contributed by atoms with Gasteiger partial charge in [-0.05, 0) is 56.9 Å². The lowest BCUT2D eigenvalue weighted by Crippen LogP contribution is -2.72. The monoisotopic (exact) mass is 539 g/mol. The van der Waals surface area contributed by atoms with Gasteiger partial charge in [0.05, 0.1) is 41.2 Å². The average Bonchev–Trinajstić information content (AvgIpc) is 3.33. The summed E-state index contributed by atoms with van der Waals surface area (Å²) in [4.78, 5) is 19.4. The molecule has 3 N–H and O–H groups in total. The maximum atomic E-state index is 13.4. The Morgan fingerprint density at radius 2 is 1.76 bits per heavy atom. The highest BCUT2D eigenvalue weighted by Crippen LogP contribution is 2.79. The van der Waals surface area contributed by atoms with E-state index in [0.717, 1.165) is 12.1 Å². The van der Waals surface area contributed by atoms with Crippen LogP contribution in [0.5, 0.6) is 0 Å². The van der Waals surface area contributed by atoms with E-state index < -0.39 is 34.8 Å². The summed E-state index contributed by atoms with van der Waals surface area (Å²) in [5, 5.41) is 11.2. The van der Waals surface area contributed by atoms with Gasteiger partial charge in [-0.2, -0.15) is 31.3 Å². The Hall–Kier alpha value is -3.58. The molecular weight excluding hydrogens is 516 g/mol. The number of aryl methyl sites for hydroxylation is 1. The molecule has 3 aromatic rings. The number of carbonyl (C=O) groups excluding carboxylic acids is 1. The number of nitrogen functional groups attached to an aromatic ring is 1. The Morgan fingerprint density at radius 3 is 2.39 bits per heavy atom. The summed E-state index contributed by atoms with van der Waals surface area (Å²) in [5.74, 6) is 0.728. The molecule has 2 aromatic heterocycles. The molecule has 4 aliphatic rings. The van der Waals surface area contributed by atoms with Crippen molar-refractivity contribution in [1.29, 1.82) is 0 Å². The second kappa shape index (κ2) is 7.50. The molecule has 14 heteroatoms. The van der Waals surface area contributed by atoms with Crippen LogP contribution in [0, 0.1) is 17.8 Å². The molecule has 202 valence electrons. The number of halogens is 6. The molecule has 3 heterocycles. The van der Waals surface area contributed by atoms with Crippen molar-refractivity contribution in [2.75, 3.05) is 11.1 Å². The summed E-state index contributed by atoms with van der Waals surface area (Å²) in [6.45, 7) is 3.59. The highest BCUT2D eigenvalue weighted by atomic mass is 19.4. The lowest BCUT2D eigenvalue weighted by molar-refractivity contribution is -0.353. The number of anilines is 2. The number of benzene rings is 1. The van der Waals surface area contributed by atoms with Gasteiger partial charge in [0.15, 0.2) is 0 Å². The second-order valence-corrected chi connectivity index (χ2v) is 10.8. The van der Waals surface area contributed by atoms with Crippen LogP contribution < -0.4 is 11.1 Å². The highest BCUT2D eigenvalue weighted by molar-refractivity contribution is 5.87. The Balaban J connectivity index is 1.30. The molecule has 1 unspecified atom stereocenters. The van der Waals surface area contributed by atoms with Crippen molar-refractivity contribution >= 4 is 23.2 Å². The van der Waals surface area contributed by atoms with E-state index in [2.05, 4.69) is 20.5 Å². The molecule has 3 fully saturated rings. The molecular formula is C24H23F6N7O. The molecule has 1 amide bonds. The third-order valence-corrected chi connectivity index (χ3v) is 8.14. The minimum absolute atomic E-state index is 0.0443. The van der Waals surface area contributed by atoms with Crippen LogP contribution in [0.3, 0.4) is 0 Å². The molecule has 3 saturated carbocycles. The lowest BCUT2D eigenvalue weighted by atomic mass is 9.34. The van der Waals surface area contributed by atoms with Crippen LogP contribution in [0.2, 0.25) is 0 Å². The maximum absolute atomic E-state index is 13.4. The van der Waals surface area contributed by atoms with Gasteiger partial charge in [0, 0.05) is 11.3 Å².